The zero-order valence-electron chi connectivity index (χ0n) is 28.8. The fourth-order valence-corrected chi connectivity index (χ4v) is 5.29. The van der Waals surface area contributed by atoms with Crippen LogP contribution >= 0.6 is 11.3 Å². The third-order valence-electron chi connectivity index (χ3n) is 6.46. The fourth-order valence-electron chi connectivity index (χ4n) is 4.48. The van der Waals surface area contributed by atoms with Gasteiger partial charge in [-0.25, -0.2) is 4.98 Å². The Morgan fingerprint density at radius 1 is 0.842 bits per heavy atom. The van der Waals surface area contributed by atoms with E-state index >= 15 is 0 Å². The molecule has 5 aromatic rings. The highest BCUT2D eigenvalue weighted by atomic mass is 32.1. The van der Waals surface area contributed by atoms with Gasteiger partial charge in [0.15, 0.2) is 0 Å². The van der Waals surface area contributed by atoms with Crippen molar-refractivity contribution in [3.8, 4) is 11.6 Å². The van der Waals surface area contributed by atoms with Gasteiger partial charge in [0, 0.05) is 67.7 Å². The minimum absolute atomic E-state index is 0.0818. The molecule has 0 amide bonds. The summed E-state index contributed by atoms with van der Waals surface area (Å²) in [5.41, 5.74) is 2.39. The molecule has 5 nitrogen and oxygen atoms in total. The molecule has 1 aliphatic heterocycles. The fraction of sp³-hybridized carbons (Fsp3) is 0.281. The molecule has 194 valence electrons. The van der Waals surface area contributed by atoms with E-state index in [0.717, 1.165) is 21.3 Å². The van der Waals surface area contributed by atoms with Crippen LogP contribution in [0.1, 0.15) is 29.3 Å². The molecule has 6 rings (SSSR count). The van der Waals surface area contributed by atoms with Gasteiger partial charge in [0.05, 0.1) is 14.8 Å². The summed E-state index contributed by atoms with van der Waals surface area (Å²) in [7, 11) is 0. The van der Waals surface area contributed by atoms with Gasteiger partial charge in [-0.05, 0) is 66.6 Å². The van der Waals surface area contributed by atoms with Gasteiger partial charge in [-0.2, -0.15) is 0 Å². The smallest absolute Gasteiger partial charge is 0.214 e. The number of ether oxygens (including phenoxy) is 2. The third-order valence-corrected chi connectivity index (χ3v) is 7.34. The highest BCUT2D eigenvalue weighted by Crippen LogP contribution is 2.31. The summed E-state index contributed by atoms with van der Waals surface area (Å²) < 4.78 is 81.6. The van der Waals surface area contributed by atoms with E-state index in [0.29, 0.717) is 36.5 Å². The van der Waals surface area contributed by atoms with Crippen molar-refractivity contribution in [1.29, 1.82) is 0 Å². The highest BCUT2D eigenvalue weighted by Gasteiger charge is 2.18. The van der Waals surface area contributed by atoms with Gasteiger partial charge in [0.2, 0.25) is 5.88 Å². The first kappa shape index (κ1) is 17.1. The molecule has 3 aromatic carbocycles. The maximum absolute atomic E-state index is 8.76. The monoisotopic (exact) mass is 531 g/mol. The average molecular weight is 532 g/mol. The molecule has 2 aromatic heterocycles. The van der Waals surface area contributed by atoms with Gasteiger partial charge in [-0.1, -0.05) is 36.4 Å². The van der Waals surface area contributed by atoms with Crippen molar-refractivity contribution < 1.29 is 20.4 Å². The minimum Gasteiger partial charge on any atom is -0.494 e. The molecule has 1 saturated heterocycles. The van der Waals surface area contributed by atoms with Crippen LogP contribution in [0.15, 0.2) is 90.3 Å². The zero-order valence-corrected chi connectivity index (χ0v) is 21.6. The second-order valence-corrected chi connectivity index (χ2v) is 9.88. The number of benzene rings is 3. The van der Waals surface area contributed by atoms with Gasteiger partial charge in [-0.15, -0.1) is 11.3 Å². The van der Waals surface area contributed by atoms with Crippen molar-refractivity contribution in [2.75, 3.05) is 44.1 Å². The molecule has 0 N–H and O–H groups in total. The Kier molecular flexibility index (Phi) is 5.32. The number of nitrogens with zero attached hydrogens (tertiary/aromatic N) is 3. The third kappa shape index (κ3) is 5.93. The number of piperazine rings is 1. The zero-order chi connectivity index (χ0) is 32.7. The number of thiophene rings is 1. The lowest BCUT2D eigenvalue weighted by molar-refractivity contribution is 0.239. The molecule has 1 aliphatic rings. The quantitative estimate of drug-likeness (QED) is 0.194. The van der Waals surface area contributed by atoms with E-state index in [4.69, 9.17) is 20.4 Å². The minimum atomic E-state index is -3.41. The second-order valence-electron chi connectivity index (χ2n) is 8.93. The van der Waals surface area contributed by atoms with E-state index < -0.39 is 25.8 Å². The topological polar surface area (TPSA) is 37.8 Å². The summed E-state index contributed by atoms with van der Waals surface area (Å²) in [6.07, 6.45) is -6.72. The number of hydrogen-bond acceptors (Lipinski definition) is 6. The molecule has 3 heterocycles. The predicted molar refractivity (Wildman–Crippen MR) is 158 cm³/mol. The molecule has 0 unspecified atom stereocenters. The van der Waals surface area contributed by atoms with Crippen molar-refractivity contribution in [1.82, 2.24) is 9.88 Å². The van der Waals surface area contributed by atoms with Gasteiger partial charge in [0.25, 0.3) is 0 Å². The SMILES string of the molecule is [2H]C([2H])(Oc1ccc2ccc(OCc3ccccc3)nc2c1)C([2H])([2H])C([2H])([2H])C([2H])([2H])N1CCN(c2cccc3sccc23)CC1. The molecule has 6 heteroatoms. The molecule has 0 radical (unpaired) electrons. The summed E-state index contributed by atoms with van der Waals surface area (Å²) in [5, 5.41) is 3.83. The molecule has 0 aliphatic carbocycles. The Morgan fingerprint density at radius 2 is 1.71 bits per heavy atom. The Labute approximate surface area is 239 Å². The molecular weight excluding hydrogens is 490 g/mol. The first-order valence-corrected chi connectivity index (χ1v) is 13.4. The van der Waals surface area contributed by atoms with Crippen LogP contribution in [0.5, 0.6) is 11.6 Å². The number of pyridine rings is 1. The molecule has 38 heavy (non-hydrogen) atoms. The maximum atomic E-state index is 8.76. The van der Waals surface area contributed by atoms with Crippen molar-refractivity contribution in [2.24, 2.45) is 0 Å². The molecule has 1 fully saturated rings. The molecule has 0 bridgehead atoms. The summed E-state index contributed by atoms with van der Waals surface area (Å²) >= 11 is 1.64. The van der Waals surface area contributed by atoms with E-state index in [1.807, 2.05) is 60.0 Å². The Morgan fingerprint density at radius 3 is 2.61 bits per heavy atom. The van der Waals surface area contributed by atoms with Crippen LogP contribution < -0.4 is 14.4 Å². The van der Waals surface area contributed by atoms with Crippen LogP contribution in [-0.2, 0) is 6.61 Å². The highest BCUT2D eigenvalue weighted by molar-refractivity contribution is 7.17. The van der Waals surface area contributed by atoms with Crippen LogP contribution in [0.2, 0.25) is 0 Å². The van der Waals surface area contributed by atoms with Gasteiger partial charge < -0.3 is 14.4 Å². The summed E-state index contributed by atoms with van der Waals surface area (Å²) in [6.45, 7) is -4.76. The molecule has 0 saturated carbocycles. The van der Waals surface area contributed by atoms with Crippen LogP contribution in [0.4, 0.5) is 5.69 Å². The summed E-state index contributed by atoms with van der Waals surface area (Å²) in [4.78, 5) is 7.83. The van der Waals surface area contributed by atoms with Crippen LogP contribution in [0.25, 0.3) is 21.0 Å². The van der Waals surface area contributed by atoms with Gasteiger partial charge in [0.1, 0.15) is 12.4 Å². The second kappa shape index (κ2) is 11.8. The van der Waals surface area contributed by atoms with Crippen molar-refractivity contribution in [2.45, 2.75) is 19.4 Å². The molecule has 0 atom stereocenters. The van der Waals surface area contributed by atoms with Crippen molar-refractivity contribution in [3.05, 3.63) is 95.9 Å². The first-order valence-electron chi connectivity index (χ1n) is 16.5. The van der Waals surface area contributed by atoms with E-state index in [1.54, 1.807) is 29.5 Å². The lowest BCUT2D eigenvalue weighted by Crippen LogP contribution is -2.46. The normalized spacial score (nSPS) is 18.9. The lowest BCUT2D eigenvalue weighted by atomic mass is 10.2. The molecule has 0 spiro atoms. The standard InChI is InChI=1S/C32H33N3O2S/c1-2-7-25(8-3-1)24-37-32-14-12-26-11-13-27(23-29(26)33-32)36-21-5-4-16-34-17-19-35(20-18-34)30-9-6-10-31-28(30)15-22-38-31/h1-3,6-15,22-23H,4-5,16-21,24H2/i4D2,5D2,16D2,21D2. The Hall–Kier alpha value is -3.61. The van der Waals surface area contributed by atoms with Crippen LogP contribution in [0, 0.1) is 0 Å². The van der Waals surface area contributed by atoms with Gasteiger partial charge >= 0.3 is 0 Å². The van der Waals surface area contributed by atoms with Crippen molar-refractivity contribution >= 4 is 38.0 Å². The average Bonchev–Trinajstić information content (AvgIpc) is 3.53. The largest absolute Gasteiger partial charge is 0.494 e. The number of anilines is 1. The lowest BCUT2D eigenvalue weighted by Gasteiger charge is -2.36. The Balaban J connectivity index is 1.16. The van der Waals surface area contributed by atoms with E-state index in [2.05, 4.69) is 9.88 Å². The van der Waals surface area contributed by atoms with Crippen molar-refractivity contribution in [3.63, 3.8) is 0 Å². The predicted octanol–water partition coefficient (Wildman–Crippen LogP) is 7.01. The van der Waals surface area contributed by atoms with Crippen LogP contribution in [-0.4, -0.2) is 49.1 Å². The number of fused-ring (bicyclic) bond motifs is 2. The van der Waals surface area contributed by atoms with E-state index in [1.165, 1.54) is 17.0 Å². The number of hydrogen-bond donors (Lipinski definition) is 0. The van der Waals surface area contributed by atoms with Crippen LogP contribution in [0.3, 0.4) is 0 Å². The molecular formula is C32H33N3O2S. The Bertz CT molecular complexity index is 1830. The summed E-state index contributed by atoms with van der Waals surface area (Å²) in [6, 6.07) is 25.6. The summed E-state index contributed by atoms with van der Waals surface area (Å²) in [5.74, 6) is 0.255. The van der Waals surface area contributed by atoms with E-state index in [-0.39, 0.29) is 18.8 Å². The number of rotatable bonds is 10. The first-order chi connectivity index (χ1) is 21.8. The number of aromatic nitrogens is 1. The van der Waals surface area contributed by atoms with E-state index in [9.17, 15) is 0 Å². The van der Waals surface area contributed by atoms with Gasteiger partial charge in [-0.3, -0.25) is 4.90 Å². The maximum Gasteiger partial charge on any atom is 0.214 e.